The molecule has 61 valence electrons. The molecule has 11 heavy (non-hydrogen) atoms. The molecule has 0 aliphatic heterocycles. The molecule has 2 aliphatic rings. The second kappa shape index (κ2) is 2.66. The molecular formula is C11H17. The van der Waals surface area contributed by atoms with Crippen LogP contribution in [-0.4, -0.2) is 0 Å². The molecule has 0 aromatic carbocycles. The lowest BCUT2D eigenvalue weighted by molar-refractivity contribution is 0.318. The van der Waals surface area contributed by atoms with E-state index in [0.717, 1.165) is 0 Å². The summed E-state index contributed by atoms with van der Waals surface area (Å²) >= 11 is 0. The van der Waals surface area contributed by atoms with Crippen LogP contribution >= 0.6 is 0 Å². The summed E-state index contributed by atoms with van der Waals surface area (Å²) in [6.07, 6.45) is 13.6. The summed E-state index contributed by atoms with van der Waals surface area (Å²) < 4.78 is 0. The maximum absolute atomic E-state index is 3.71. The summed E-state index contributed by atoms with van der Waals surface area (Å²) in [4.78, 5) is 0. The highest BCUT2D eigenvalue weighted by molar-refractivity contribution is 5.07. The van der Waals surface area contributed by atoms with Gasteiger partial charge in [0.25, 0.3) is 0 Å². The predicted octanol–water partition coefficient (Wildman–Crippen LogP) is 3.48. The van der Waals surface area contributed by atoms with Crippen molar-refractivity contribution in [2.24, 2.45) is 5.41 Å². The number of hydrogen-bond donors (Lipinski definition) is 0. The molecule has 0 heteroatoms. The van der Waals surface area contributed by atoms with E-state index in [9.17, 15) is 0 Å². The summed E-state index contributed by atoms with van der Waals surface area (Å²) in [6, 6.07) is 0. The van der Waals surface area contributed by atoms with Crippen molar-refractivity contribution in [2.45, 2.75) is 51.9 Å². The van der Waals surface area contributed by atoms with Gasteiger partial charge in [0.15, 0.2) is 0 Å². The highest BCUT2D eigenvalue weighted by atomic mass is 14.4. The van der Waals surface area contributed by atoms with E-state index in [-0.39, 0.29) is 0 Å². The lowest BCUT2D eigenvalue weighted by atomic mass is 9.75. The monoisotopic (exact) mass is 149 g/mol. The van der Waals surface area contributed by atoms with Crippen LogP contribution in [-0.2, 0) is 0 Å². The van der Waals surface area contributed by atoms with Gasteiger partial charge in [0.2, 0.25) is 0 Å². The van der Waals surface area contributed by atoms with Gasteiger partial charge in [0.1, 0.15) is 0 Å². The molecule has 2 rings (SSSR count). The van der Waals surface area contributed by atoms with E-state index in [1.165, 1.54) is 50.5 Å². The molecule has 0 saturated heterocycles. The van der Waals surface area contributed by atoms with Crippen LogP contribution < -0.4 is 0 Å². The van der Waals surface area contributed by atoms with Gasteiger partial charge < -0.3 is 0 Å². The van der Waals surface area contributed by atoms with E-state index in [1.807, 2.05) is 0 Å². The van der Waals surface area contributed by atoms with Gasteiger partial charge >= 0.3 is 0 Å². The first-order chi connectivity index (χ1) is 5.31. The average molecular weight is 149 g/mol. The Morgan fingerprint density at radius 2 is 1.73 bits per heavy atom. The first-order valence-electron chi connectivity index (χ1n) is 4.91. The third kappa shape index (κ3) is 1.36. The zero-order valence-corrected chi connectivity index (χ0v) is 7.45. The minimum absolute atomic E-state index is 0.558. The van der Waals surface area contributed by atoms with E-state index < -0.39 is 0 Å². The zero-order valence-electron chi connectivity index (χ0n) is 7.45. The van der Waals surface area contributed by atoms with Crippen LogP contribution in [0, 0.1) is 11.5 Å². The van der Waals surface area contributed by atoms with Crippen LogP contribution in [0.3, 0.4) is 0 Å². The Kier molecular flexibility index (Phi) is 1.78. The quantitative estimate of drug-likeness (QED) is 0.494. The fourth-order valence-electron chi connectivity index (χ4n) is 2.70. The van der Waals surface area contributed by atoms with E-state index >= 15 is 0 Å². The smallest absolute Gasteiger partial charge is 0.00445 e. The average Bonchev–Trinajstić information content (AvgIpc) is 2.37. The molecule has 0 bridgehead atoms. The predicted molar refractivity (Wildman–Crippen MR) is 47.2 cm³/mol. The molecule has 0 N–H and O–H groups in total. The molecule has 2 aliphatic carbocycles. The minimum Gasteiger partial charge on any atom is -0.0693 e. The summed E-state index contributed by atoms with van der Waals surface area (Å²) in [5, 5.41) is 0. The fourth-order valence-corrected chi connectivity index (χ4v) is 2.70. The molecule has 0 aromatic rings. The lowest BCUT2D eigenvalue weighted by Gasteiger charge is -2.29. The van der Waals surface area contributed by atoms with Crippen molar-refractivity contribution in [1.29, 1.82) is 0 Å². The van der Waals surface area contributed by atoms with Crippen molar-refractivity contribution >= 4 is 0 Å². The topological polar surface area (TPSA) is 0 Å². The molecule has 0 nitrogen and oxygen atoms in total. The van der Waals surface area contributed by atoms with Crippen LogP contribution in [0.15, 0.2) is 5.57 Å². The van der Waals surface area contributed by atoms with Gasteiger partial charge in [-0.3, -0.25) is 0 Å². The summed E-state index contributed by atoms with van der Waals surface area (Å²) in [5.74, 6) is 0. The molecule has 1 radical (unpaired) electrons. The molecule has 0 aromatic heterocycles. The Balaban J connectivity index is 2.17. The highest BCUT2D eigenvalue weighted by Gasteiger charge is 2.33. The normalized spacial score (nSPS) is 29.0. The van der Waals surface area contributed by atoms with Gasteiger partial charge in [-0.25, -0.2) is 0 Å². The highest BCUT2D eigenvalue weighted by Crippen LogP contribution is 2.46. The number of allylic oxidation sites excluding steroid dienone is 2. The molecule has 1 fully saturated rings. The van der Waals surface area contributed by atoms with Crippen molar-refractivity contribution in [3.05, 3.63) is 11.6 Å². The summed E-state index contributed by atoms with van der Waals surface area (Å²) in [5.41, 5.74) is 2.08. The van der Waals surface area contributed by atoms with Crippen molar-refractivity contribution in [2.75, 3.05) is 0 Å². The summed E-state index contributed by atoms with van der Waals surface area (Å²) in [6.45, 7) is 2.25. The molecule has 0 atom stereocenters. The van der Waals surface area contributed by atoms with E-state index in [4.69, 9.17) is 0 Å². The summed E-state index contributed by atoms with van der Waals surface area (Å²) in [7, 11) is 0. The van der Waals surface area contributed by atoms with Crippen LogP contribution in [0.1, 0.15) is 51.9 Å². The molecular weight excluding hydrogens is 132 g/mol. The molecule has 0 amide bonds. The Morgan fingerprint density at radius 3 is 2.36 bits per heavy atom. The van der Waals surface area contributed by atoms with Crippen LogP contribution in [0.4, 0.5) is 0 Å². The zero-order chi connectivity index (χ0) is 7.73. The van der Waals surface area contributed by atoms with E-state index in [2.05, 4.69) is 13.0 Å². The van der Waals surface area contributed by atoms with Crippen molar-refractivity contribution < 1.29 is 0 Å². The van der Waals surface area contributed by atoms with Gasteiger partial charge in [-0.05, 0) is 50.5 Å². The van der Waals surface area contributed by atoms with E-state index in [1.54, 1.807) is 0 Å². The molecule has 1 saturated carbocycles. The minimum atomic E-state index is 0.558. The maximum atomic E-state index is 3.71. The molecule has 1 spiro atoms. The van der Waals surface area contributed by atoms with E-state index in [0.29, 0.717) is 5.41 Å². The number of hydrogen-bond acceptors (Lipinski definition) is 0. The van der Waals surface area contributed by atoms with Gasteiger partial charge in [0, 0.05) is 0 Å². The molecule has 0 unspecified atom stereocenters. The Morgan fingerprint density at radius 1 is 1.09 bits per heavy atom. The SMILES string of the molecule is CC1=[C]C2(CCCC2)CCC1. The van der Waals surface area contributed by atoms with Gasteiger partial charge in [-0.1, -0.05) is 18.4 Å². The Labute approximate surface area is 69.7 Å². The van der Waals surface area contributed by atoms with Crippen LogP contribution in [0.2, 0.25) is 0 Å². The Hall–Kier alpha value is -0.260. The second-order valence-corrected chi connectivity index (χ2v) is 4.25. The maximum Gasteiger partial charge on any atom is -0.00445 e. The second-order valence-electron chi connectivity index (χ2n) is 4.25. The Bertz CT molecular complexity index is 170. The standard InChI is InChI=1S/C11H17/c1-10-5-4-8-11(9-10)6-2-3-7-11/h2-8H2,1H3. The van der Waals surface area contributed by atoms with Gasteiger partial charge in [0.05, 0.1) is 0 Å². The van der Waals surface area contributed by atoms with Crippen molar-refractivity contribution in [3.8, 4) is 0 Å². The fraction of sp³-hybridized carbons (Fsp3) is 0.818. The first-order valence-corrected chi connectivity index (χ1v) is 4.91. The van der Waals surface area contributed by atoms with Gasteiger partial charge in [-0.2, -0.15) is 0 Å². The third-order valence-corrected chi connectivity index (χ3v) is 3.25. The van der Waals surface area contributed by atoms with Crippen molar-refractivity contribution in [3.63, 3.8) is 0 Å². The van der Waals surface area contributed by atoms with Crippen molar-refractivity contribution in [1.82, 2.24) is 0 Å². The molecule has 0 heterocycles. The largest absolute Gasteiger partial charge is 0.0693 e. The number of rotatable bonds is 0. The third-order valence-electron chi connectivity index (χ3n) is 3.25. The lowest BCUT2D eigenvalue weighted by Crippen LogP contribution is -2.17. The van der Waals surface area contributed by atoms with Crippen LogP contribution in [0.5, 0.6) is 0 Å². The van der Waals surface area contributed by atoms with Gasteiger partial charge in [-0.15, -0.1) is 0 Å². The van der Waals surface area contributed by atoms with Crippen LogP contribution in [0.25, 0.3) is 0 Å². The first kappa shape index (κ1) is 7.39.